The molecular weight excluding hydrogens is 260 g/mol. The molecule has 0 radical (unpaired) electrons. The molecule has 2 nitrogen and oxygen atoms in total. The van der Waals surface area contributed by atoms with Gasteiger partial charge in [-0.25, -0.2) is 0 Å². The topological polar surface area (TPSA) is 40.5 Å². The molecule has 21 heavy (non-hydrogen) atoms. The lowest BCUT2D eigenvalue weighted by Crippen LogP contribution is -2.18. The molecule has 1 aromatic rings. The molecule has 0 amide bonds. The van der Waals surface area contributed by atoms with Crippen LogP contribution in [0.5, 0.6) is 5.75 Å². The SMILES string of the molecule is CCCCCC(C)(C)c1cc(CCCO)cc(CC)c1O. The summed E-state index contributed by atoms with van der Waals surface area (Å²) in [6.45, 7) is 8.98. The monoisotopic (exact) mass is 292 g/mol. The van der Waals surface area contributed by atoms with Crippen LogP contribution >= 0.6 is 0 Å². The van der Waals surface area contributed by atoms with Gasteiger partial charge >= 0.3 is 0 Å². The number of hydrogen-bond acceptors (Lipinski definition) is 2. The van der Waals surface area contributed by atoms with E-state index >= 15 is 0 Å². The summed E-state index contributed by atoms with van der Waals surface area (Å²) in [7, 11) is 0. The molecule has 0 saturated carbocycles. The fourth-order valence-corrected chi connectivity index (χ4v) is 2.93. The molecular formula is C19H32O2. The molecule has 0 bridgehead atoms. The van der Waals surface area contributed by atoms with Gasteiger partial charge in [0.05, 0.1) is 0 Å². The Morgan fingerprint density at radius 1 is 1.05 bits per heavy atom. The summed E-state index contributed by atoms with van der Waals surface area (Å²) >= 11 is 0. The van der Waals surface area contributed by atoms with E-state index in [1.807, 2.05) is 0 Å². The summed E-state index contributed by atoms with van der Waals surface area (Å²) in [5.74, 6) is 0.478. The van der Waals surface area contributed by atoms with Gasteiger partial charge in [0.1, 0.15) is 5.75 Å². The smallest absolute Gasteiger partial charge is 0.122 e. The predicted octanol–water partition coefficient (Wildman–Crippen LogP) is 4.74. The van der Waals surface area contributed by atoms with Crippen molar-refractivity contribution in [1.29, 1.82) is 0 Å². The number of aryl methyl sites for hydroxylation is 2. The summed E-state index contributed by atoms with van der Waals surface area (Å²) in [5.41, 5.74) is 3.34. The van der Waals surface area contributed by atoms with Crippen molar-refractivity contribution in [3.05, 3.63) is 28.8 Å². The highest BCUT2D eigenvalue weighted by Crippen LogP contribution is 2.38. The zero-order valence-corrected chi connectivity index (χ0v) is 14.2. The lowest BCUT2D eigenvalue weighted by atomic mass is 9.77. The van der Waals surface area contributed by atoms with Crippen LogP contribution in [0.1, 0.15) is 76.5 Å². The lowest BCUT2D eigenvalue weighted by Gasteiger charge is -2.28. The number of aliphatic hydroxyl groups is 1. The van der Waals surface area contributed by atoms with E-state index in [0.717, 1.165) is 36.8 Å². The van der Waals surface area contributed by atoms with Gasteiger partial charge in [0, 0.05) is 12.2 Å². The van der Waals surface area contributed by atoms with Crippen LogP contribution in [0.2, 0.25) is 0 Å². The fraction of sp³-hybridized carbons (Fsp3) is 0.684. The van der Waals surface area contributed by atoms with Crippen molar-refractivity contribution in [3.8, 4) is 5.75 Å². The van der Waals surface area contributed by atoms with Crippen LogP contribution in [0.25, 0.3) is 0 Å². The second kappa shape index (κ2) is 8.43. The Morgan fingerprint density at radius 2 is 1.76 bits per heavy atom. The third-order valence-corrected chi connectivity index (χ3v) is 4.39. The van der Waals surface area contributed by atoms with Crippen LogP contribution < -0.4 is 0 Å². The molecule has 1 aromatic carbocycles. The number of aromatic hydroxyl groups is 1. The highest BCUT2D eigenvalue weighted by Gasteiger charge is 2.25. The average molecular weight is 292 g/mol. The second-order valence-electron chi connectivity index (χ2n) is 6.67. The number of aliphatic hydroxyl groups excluding tert-OH is 1. The first-order chi connectivity index (χ1) is 9.96. The summed E-state index contributed by atoms with van der Waals surface area (Å²) < 4.78 is 0. The number of phenolic OH excluding ortho intramolecular Hbond substituents is 1. The minimum atomic E-state index is -0.00159. The van der Waals surface area contributed by atoms with Crippen molar-refractivity contribution in [2.45, 2.75) is 78.1 Å². The van der Waals surface area contributed by atoms with Crippen molar-refractivity contribution in [2.24, 2.45) is 0 Å². The quantitative estimate of drug-likeness (QED) is 0.646. The Balaban J connectivity index is 3.07. The molecule has 0 spiro atoms. The van der Waals surface area contributed by atoms with Crippen LogP contribution in [-0.2, 0) is 18.3 Å². The Kier molecular flexibility index (Phi) is 7.24. The Morgan fingerprint density at radius 3 is 2.33 bits per heavy atom. The fourth-order valence-electron chi connectivity index (χ4n) is 2.93. The van der Waals surface area contributed by atoms with Gasteiger partial charge in [-0.2, -0.15) is 0 Å². The third-order valence-electron chi connectivity index (χ3n) is 4.39. The minimum Gasteiger partial charge on any atom is -0.507 e. The van der Waals surface area contributed by atoms with Gasteiger partial charge in [0.15, 0.2) is 0 Å². The highest BCUT2D eigenvalue weighted by atomic mass is 16.3. The predicted molar refractivity (Wildman–Crippen MR) is 90.1 cm³/mol. The van der Waals surface area contributed by atoms with Crippen molar-refractivity contribution in [2.75, 3.05) is 6.61 Å². The van der Waals surface area contributed by atoms with Crippen molar-refractivity contribution < 1.29 is 10.2 Å². The Hall–Kier alpha value is -1.02. The largest absolute Gasteiger partial charge is 0.507 e. The van der Waals surface area contributed by atoms with Gasteiger partial charge < -0.3 is 10.2 Å². The van der Waals surface area contributed by atoms with Crippen LogP contribution in [0, 0.1) is 0 Å². The van der Waals surface area contributed by atoms with Crippen molar-refractivity contribution in [3.63, 3.8) is 0 Å². The van der Waals surface area contributed by atoms with E-state index in [-0.39, 0.29) is 12.0 Å². The lowest BCUT2D eigenvalue weighted by molar-refractivity contribution is 0.288. The number of unbranched alkanes of at least 4 members (excludes halogenated alkanes) is 2. The molecule has 0 fully saturated rings. The van der Waals surface area contributed by atoms with Crippen LogP contribution in [0.4, 0.5) is 0 Å². The molecule has 2 N–H and O–H groups in total. The molecule has 0 heterocycles. The molecule has 0 aliphatic rings. The van der Waals surface area contributed by atoms with E-state index in [1.54, 1.807) is 0 Å². The van der Waals surface area contributed by atoms with Gasteiger partial charge in [-0.05, 0) is 42.2 Å². The minimum absolute atomic E-state index is 0.00159. The molecule has 0 atom stereocenters. The molecule has 2 heteroatoms. The van der Waals surface area contributed by atoms with E-state index in [0.29, 0.717) is 5.75 Å². The highest BCUT2D eigenvalue weighted by molar-refractivity contribution is 5.47. The number of rotatable bonds is 9. The molecule has 0 aliphatic heterocycles. The van der Waals surface area contributed by atoms with E-state index in [2.05, 4.69) is 39.8 Å². The zero-order chi connectivity index (χ0) is 15.9. The van der Waals surface area contributed by atoms with E-state index in [9.17, 15) is 5.11 Å². The van der Waals surface area contributed by atoms with Crippen LogP contribution in [0.15, 0.2) is 12.1 Å². The van der Waals surface area contributed by atoms with E-state index in [1.165, 1.54) is 24.8 Å². The maximum atomic E-state index is 10.6. The van der Waals surface area contributed by atoms with Gasteiger partial charge in [0.2, 0.25) is 0 Å². The first-order valence-electron chi connectivity index (χ1n) is 8.42. The van der Waals surface area contributed by atoms with E-state index < -0.39 is 0 Å². The zero-order valence-electron chi connectivity index (χ0n) is 14.2. The van der Waals surface area contributed by atoms with Crippen molar-refractivity contribution >= 4 is 0 Å². The normalized spacial score (nSPS) is 11.9. The van der Waals surface area contributed by atoms with E-state index in [4.69, 9.17) is 5.11 Å². The van der Waals surface area contributed by atoms with Crippen LogP contribution in [0.3, 0.4) is 0 Å². The van der Waals surface area contributed by atoms with Gasteiger partial charge in [-0.1, -0.05) is 59.1 Å². The summed E-state index contributed by atoms with van der Waals surface area (Å²) in [4.78, 5) is 0. The third kappa shape index (κ3) is 5.03. The number of benzene rings is 1. The molecule has 120 valence electrons. The van der Waals surface area contributed by atoms with Gasteiger partial charge in [-0.3, -0.25) is 0 Å². The molecule has 0 aromatic heterocycles. The maximum Gasteiger partial charge on any atom is 0.122 e. The molecule has 1 rings (SSSR count). The summed E-state index contributed by atoms with van der Waals surface area (Å²) in [5, 5.41) is 19.6. The summed E-state index contributed by atoms with van der Waals surface area (Å²) in [6.07, 6.45) is 7.27. The molecule has 0 aliphatic carbocycles. The number of phenols is 1. The molecule has 0 saturated heterocycles. The standard InChI is InChI=1S/C19H32O2/c1-5-7-8-11-19(3,4)17-14-15(10-9-12-20)13-16(6-2)18(17)21/h13-14,20-21H,5-12H2,1-4H3. The average Bonchev–Trinajstić information content (AvgIpc) is 2.46. The van der Waals surface area contributed by atoms with Gasteiger partial charge in [-0.15, -0.1) is 0 Å². The van der Waals surface area contributed by atoms with Gasteiger partial charge in [0.25, 0.3) is 0 Å². The number of hydrogen-bond donors (Lipinski definition) is 2. The second-order valence-corrected chi connectivity index (χ2v) is 6.67. The Bertz CT molecular complexity index is 435. The maximum absolute atomic E-state index is 10.6. The summed E-state index contributed by atoms with van der Waals surface area (Å²) in [6, 6.07) is 4.24. The first kappa shape index (κ1) is 18.0. The molecule has 0 unspecified atom stereocenters. The van der Waals surface area contributed by atoms with Crippen molar-refractivity contribution in [1.82, 2.24) is 0 Å². The van der Waals surface area contributed by atoms with Crippen LogP contribution in [-0.4, -0.2) is 16.8 Å². The Labute approximate surface area is 130 Å². The first-order valence-corrected chi connectivity index (χ1v) is 8.42.